The Morgan fingerprint density at radius 2 is 1.61 bits per heavy atom. The molecule has 5 heterocycles. The summed E-state index contributed by atoms with van der Waals surface area (Å²) in [6, 6.07) is 15.4. The number of fused-ring (bicyclic) bond motifs is 1. The topological polar surface area (TPSA) is 145 Å². The molecule has 2 saturated carbocycles. The Balaban J connectivity index is 0.783. The quantitative estimate of drug-likeness (QED) is 0.0725. The van der Waals surface area contributed by atoms with E-state index in [1.807, 2.05) is 24.3 Å². The summed E-state index contributed by atoms with van der Waals surface area (Å²) in [4.78, 5) is 45.6. The predicted molar refractivity (Wildman–Crippen MR) is 258 cm³/mol. The lowest BCUT2D eigenvalue weighted by Gasteiger charge is -2.43. The van der Waals surface area contributed by atoms with E-state index >= 15 is 8.78 Å². The number of nitrogens with one attached hydrogen (secondary N) is 3. The first-order valence-corrected chi connectivity index (χ1v) is 26.6. The van der Waals surface area contributed by atoms with Gasteiger partial charge in [0.15, 0.2) is 0 Å². The normalized spacial score (nSPS) is 20.1. The van der Waals surface area contributed by atoms with E-state index in [-0.39, 0.29) is 24.5 Å². The maximum absolute atomic E-state index is 15.2. The highest BCUT2D eigenvalue weighted by Crippen LogP contribution is 2.49. The maximum atomic E-state index is 15.2. The molecule has 5 aliphatic rings. The van der Waals surface area contributed by atoms with Gasteiger partial charge in [-0.15, -0.1) is 0 Å². The summed E-state index contributed by atoms with van der Waals surface area (Å²) in [5, 5.41) is 10.7. The van der Waals surface area contributed by atoms with Crippen LogP contribution in [0.15, 0.2) is 65.4 Å². The number of para-hydroxylation sites is 1. The van der Waals surface area contributed by atoms with Crippen LogP contribution >= 0.6 is 23.1 Å². The molecule has 3 saturated heterocycles. The maximum Gasteiger partial charge on any atom is 0.234 e. The van der Waals surface area contributed by atoms with Crippen LogP contribution in [0.3, 0.4) is 0 Å². The van der Waals surface area contributed by atoms with Crippen LogP contribution in [0.2, 0.25) is 0 Å². The average Bonchev–Trinajstić information content (AvgIpc) is 4.25. The Morgan fingerprint density at radius 3 is 2.30 bits per heavy atom. The van der Waals surface area contributed by atoms with Gasteiger partial charge in [-0.3, -0.25) is 24.8 Å². The lowest BCUT2D eigenvalue weighted by Crippen LogP contribution is -2.53. The number of hydrogen-bond donors (Lipinski definition) is 3. The minimum absolute atomic E-state index is 0.0673. The lowest BCUT2D eigenvalue weighted by atomic mass is 9.89. The molecule has 5 aromatic rings. The number of piperidine rings is 2. The molecule has 3 aromatic carbocycles. The molecule has 2 aliphatic carbocycles. The highest BCUT2D eigenvalue weighted by atomic mass is 79.9. The summed E-state index contributed by atoms with van der Waals surface area (Å²) in [7, 11) is -2.73. The third kappa shape index (κ3) is 9.84. The molecule has 66 heavy (non-hydrogen) atoms. The number of benzene rings is 3. The van der Waals surface area contributed by atoms with Crippen molar-refractivity contribution in [3.8, 4) is 5.75 Å². The van der Waals surface area contributed by atoms with Gasteiger partial charge >= 0.3 is 0 Å². The first kappa shape index (κ1) is 44.8. The number of ether oxygens (including phenoxy) is 1. The number of nitrogens with zero attached hydrogens (tertiary/aromatic N) is 6. The van der Waals surface area contributed by atoms with Crippen LogP contribution in [0.25, 0.3) is 10.9 Å². The minimum atomic E-state index is -2.73. The van der Waals surface area contributed by atoms with Gasteiger partial charge in [-0.2, -0.15) is 4.98 Å². The second-order valence-electron chi connectivity index (χ2n) is 18.8. The van der Waals surface area contributed by atoms with Crippen LogP contribution in [0, 0.1) is 11.6 Å². The van der Waals surface area contributed by atoms with E-state index in [1.165, 1.54) is 23.4 Å². The third-order valence-corrected chi connectivity index (χ3v) is 15.8. The summed E-state index contributed by atoms with van der Waals surface area (Å²) in [5.74, 6) is -1.29. The lowest BCUT2D eigenvalue weighted by molar-refractivity contribution is -0.134. The van der Waals surface area contributed by atoms with E-state index in [4.69, 9.17) is 9.72 Å². The zero-order valence-electron chi connectivity index (χ0n) is 37.3. The molecule has 2 aromatic heterocycles. The second kappa shape index (κ2) is 18.6. The van der Waals surface area contributed by atoms with Crippen molar-refractivity contribution in [1.29, 1.82) is 0 Å². The summed E-state index contributed by atoms with van der Waals surface area (Å²) < 4.78 is 51.2. The molecule has 13 nitrogen and oxygen atoms in total. The highest BCUT2D eigenvalue weighted by molar-refractivity contribution is 9.10. The number of halogens is 3. The number of aromatic nitrogens is 3. The number of anilines is 5. The van der Waals surface area contributed by atoms with Crippen LogP contribution in [0.1, 0.15) is 79.9 Å². The molecule has 17 heteroatoms. The Bertz CT molecular complexity index is 2710. The van der Waals surface area contributed by atoms with E-state index in [0.29, 0.717) is 52.4 Å². The molecule has 5 fully saturated rings. The van der Waals surface area contributed by atoms with Crippen LogP contribution in [0.5, 0.6) is 5.75 Å². The van der Waals surface area contributed by atoms with Crippen molar-refractivity contribution < 1.29 is 27.7 Å². The molecule has 1 atom stereocenters. The number of pyridine rings is 1. The fraction of sp³-hybridized carbons (Fsp3) is 0.449. The summed E-state index contributed by atoms with van der Waals surface area (Å²) >= 11 is 3.63. The first-order valence-electron chi connectivity index (χ1n) is 23.2. The molecule has 3 aliphatic heterocycles. The van der Waals surface area contributed by atoms with Gasteiger partial charge in [-0.1, -0.05) is 18.2 Å². The van der Waals surface area contributed by atoms with Crippen molar-refractivity contribution >= 4 is 79.9 Å². The fourth-order valence-electron chi connectivity index (χ4n) is 9.90. The van der Waals surface area contributed by atoms with E-state index in [1.54, 1.807) is 25.7 Å². The van der Waals surface area contributed by atoms with Gasteiger partial charge < -0.3 is 29.7 Å². The van der Waals surface area contributed by atoms with Crippen molar-refractivity contribution in [3.63, 3.8) is 0 Å². The molecule has 0 spiro atoms. The number of hydrogen-bond acceptors (Lipinski definition) is 12. The third-order valence-electron chi connectivity index (χ3n) is 13.7. The van der Waals surface area contributed by atoms with Crippen LogP contribution in [0.4, 0.5) is 37.6 Å². The molecule has 3 N–H and O–H groups in total. The van der Waals surface area contributed by atoms with Gasteiger partial charge in [0, 0.05) is 92.5 Å². The SMILES string of the molecule is CP(C)(=O)c1c(Nc2nc(Nc3cc(C4CC4)c(N4CCC(N5CCN(CCc6cc(F)c(C7CCC(=O)NC7=O)c(F)c6)CC5)CC4)cc3OC3CC3)ncc2Br)cnc2ccccc12. The Hall–Kier alpha value is -5.02. The highest BCUT2D eigenvalue weighted by Gasteiger charge is 2.35. The number of rotatable bonds is 14. The number of imide groups is 1. The van der Waals surface area contributed by atoms with Crippen molar-refractivity contribution in [2.45, 2.75) is 81.8 Å². The van der Waals surface area contributed by atoms with Gasteiger partial charge in [0.2, 0.25) is 17.8 Å². The molecule has 2 amide bonds. The average molecular weight is 983 g/mol. The summed E-state index contributed by atoms with van der Waals surface area (Å²) in [6.45, 7) is 9.81. The predicted octanol–water partition coefficient (Wildman–Crippen LogP) is 8.57. The number of carbonyl (C=O) groups excluding carboxylic acids is 2. The van der Waals surface area contributed by atoms with E-state index in [2.05, 4.69) is 68.7 Å². The monoisotopic (exact) mass is 981 g/mol. The van der Waals surface area contributed by atoms with E-state index in [0.717, 1.165) is 105 Å². The van der Waals surface area contributed by atoms with E-state index < -0.39 is 36.5 Å². The zero-order chi connectivity index (χ0) is 45.7. The second-order valence-corrected chi connectivity index (χ2v) is 22.9. The Kier molecular flexibility index (Phi) is 12.6. The standard InChI is InChI=1S/C49H55BrF2N9O4P/c1-66(2,64)46-33-5-3-4-6-39(33)53-28-41(46)55-47-36(50)27-54-49(58-47)56-40-25-35(30-7-8-30)42(26-43(40)65-32-9-10-32)61-17-14-31(15-18-61)60-21-19-59(20-22-60)16-13-29-23-37(51)45(38(52)24-29)34-11-12-44(62)57-48(34)63/h3-6,23-28,30-32,34H,7-22H2,1-2H3,(H,57,62,63)(H2,54,55,56,58). The number of carbonyl (C=O) groups is 2. The van der Waals surface area contributed by atoms with Crippen LogP contribution in [-0.2, 0) is 20.6 Å². The van der Waals surface area contributed by atoms with Crippen molar-refractivity contribution in [2.75, 3.05) is 74.7 Å². The van der Waals surface area contributed by atoms with Gasteiger partial charge in [0.1, 0.15) is 30.3 Å². The minimum Gasteiger partial charge on any atom is -0.488 e. The van der Waals surface area contributed by atoms with Crippen molar-refractivity contribution in [2.24, 2.45) is 0 Å². The molecule has 346 valence electrons. The molecule has 0 radical (unpaired) electrons. The van der Waals surface area contributed by atoms with Gasteiger partial charge in [-0.05, 0) is 122 Å². The molecular formula is C49H55BrF2N9O4P. The molecule has 10 rings (SSSR count). The van der Waals surface area contributed by atoms with Crippen molar-refractivity contribution in [1.82, 2.24) is 30.1 Å². The number of amides is 2. The molecular weight excluding hydrogens is 927 g/mol. The first-order chi connectivity index (χ1) is 31.8. The van der Waals surface area contributed by atoms with Crippen molar-refractivity contribution in [3.05, 3.63) is 93.7 Å². The molecule has 0 bridgehead atoms. The Morgan fingerprint density at radius 1 is 0.864 bits per heavy atom. The Labute approximate surface area is 392 Å². The van der Waals surface area contributed by atoms with Gasteiger partial charge in [0.05, 0.1) is 39.6 Å². The van der Waals surface area contributed by atoms with Crippen LogP contribution in [-0.4, -0.2) is 108 Å². The van der Waals surface area contributed by atoms with Gasteiger partial charge in [0.25, 0.3) is 0 Å². The summed E-state index contributed by atoms with van der Waals surface area (Å²) in [5.41, 5.74) is 5.15. The summed E-state index contributed by atoms with van der Waals surface area (Å²) in [6.07, 6.45) is 10.8. The smallest absolute Gasteiger partial charge is 0.234 e. The zero-order valence-corrected chi connectivity index (χ0v) is 39.8. The molecule has 1 unspecified atom stereocenters. The van der Waals surface area contributed by atoms with E-state index in [9.17, 15) is 14.2 Å². The van der Waals surface area contributed by atoms with Gasteiger partial charge in [-0.25, -0.2) is 13.8 Å². The fourth-order valence-corrected chi connectivity index (χ4v) is 11.7. The number of piperazine rings is 1. The van der Waals surface area contributed by atoms with Crippen LogP contribution < -0.4 is 30.9 Å². The largest absolute Gasteiger partial charge is 0.488 e.